The van der Waals surface area contributed by atoms with E-state index in [-0.39, 0.29) is 12.0 Å². The van der Waals surface area contributed by atoms with Crippen molar-refractivity contribution in [2.45, 2.75) is 6.10 Å². The van der Waals surface area contributed by atoms with Crippen LogP contribution in [0, 0.1) is 0 Å². The zero-order valence-electron chi connectivity index (χ0n) is 7.27. The fraction of sp³-hybridized carbons (Fsp3) is 0.500. The Kier molecular flexibility index (Phi) is 2.28. The Bertz CT molecular complexity index is 293. The highest BCUT2D eigenvalue weighted by Crippen LogP contribution is 2.16. The Morgan fingerprint density at radius 1 is 1.77 bits per heavy atom. The molecule has 13 heavy (non-hydrogen) atoms. The quantitative estimate of drug-likeness (QED) is 0.699. The second-order valence-electron chi connectivity index (χ2n) is 2.91. The SMILES string of the molecule is COC1CN(C(=O)c2nccs2)C1. The van der Waals surface area contributed by atoms with Crippen LogP contribution in [0.3, 0.4) is 0 Å². The van der Waals surface area contributed by atoms with Crippen LogP contribution in [-0.4, -0.2) is 42.1 Å². The molecule has 1 saturated heterocycles. The van der Waals surface area contributed by atoms with E-state index in [0.29, 0.717) is 18.1 Å². The van der Waals surface area contributed by atoms with Gasteiger partial charge in [0.1, 0.15) is 0 Å². The second-order valence-corrected chi connectivity index (χ2v) is 3.80. The van der Waals surface area contributed by atoms with E-state index in [1.165, 1.54) is 11.3 Å². The molecule has 1 aliphatic heterocycles. The molecule has 1 fully saturated rings. The van der Waals surface area contributed by atoms with Crippen molar-refractivity contribution < 1.29 is 9.53 Å². The first-order valence-corrected chi connectivity index (χ1v) is 4.91. The third-order valence-electron chi connectivity index (χ3n) is 2.08. The number of aromatic nitrogens is 1. The van der Waals surface area contributed by atoms with Gasteiger partial charge in [0, 0.05) is 31.8 Å². The maximum atomic E-state index is 11.6. The third kappa shape index (κ3) is 1.57. The lowest BCUT2D eigenvalue weighted by molar-refractivity contribution is -0.0192. The normalized spacial score (nSPS) is 17.2. The molecule has 0 saturated carbocycles. The van der Waals surface area contributed by atoms with E-state index in [4.69, 9.17) is 4.74 Å². The van der Waals surface area contributed by atoms with Crippen LogP contribution in [0.2, 0.25) is 0 Å². The summed E-state index contributed by atoms with van der Waals surface area (Å²) in [7, 11) is 1.66. The molecule has 0 spiro atoms. The van der Waals surface area contributed by atoms with Crippen LogP contribution >= 0.6 is 11.3 Å². The Balaban J connectivity index is 1.94. The van der Waals surface area contributed by atoms with E-state index in [2.05, 4.69) is 4.98 Å². The van der Waals surface area contributed by atoms with Crippen LogP contribution in [0.4, 0.5) is 0 Å². The summed E-state index contributed by atoms with van der Waals surface area (Å²) in [4.78, 5) is 17.3. The summed E-state index contributed by atoms with van der Waals surface area (Å²) in [6, 6.07) is 0. The number of amides is 1. The molecule has 0 atom stereocenters. The molecule has 70 valence electrons. The van der Waals surface area contributed by atoms with Gasteiger partial charge < -0.3 is 9.64 Å². The van der Waals surface area contributed by atoms with Gasteiger partial charge in [0.25, 0.3) is 5.91 Å². The molecule has 0 aromatic carbocycles. The Hall–Kier alpha value is -0.940. The number of carbonyl (C=O) groups is 1. The number of hydrogen-bond donors (Lipinski definition) is 0. The van der Waals surface area contributed by atoms with Gasteiger partial charge in [0.2, 0.25) is 0 Å². The zero-order valence-corrected chi connectivity index (χ0v) is 8.08. The summed E-state index contributed by atoms with van der Waals surface area (Å²) < 4.78 is 5.07. The summed E-state index contributed by atoms with van der Waals surface area (Å²) in [6.07, 6.45) is 1.86. The number of likely N-dealkylation sites (tertiary alicyclic amines) is 1. The van der Waals surface area contributed by atoms with Crippen molar-refractivity contribution in [2.75, 3.05) is 20.2 Å². The Morgan fingerprint density at radius 2 is 2.54 bits per heavy atom. The minimum atomic E-state index is 0.0169. The third-order valence-corrected chi connectivity index (χ3v) is 2.84. The second kappa shape index (κ2) is 3.43. The molecule has 2 rings (SSSR count). The van der Waals surface area contributed by atoms with Crippen LogP contribution in [0.1, 0.15) is 9.80 Å². The van der Waals surface area contributed by atoms with Gasteiger partial charge in [-0.1, -0.05) is 0 Å². The van der Waals surface area contributed by atoms with Gasteiger partial charge in [-0.2, -0.15) is 0 Å². The molecule has 5 heteroatoms. The van der Waals surface area contributed by atoms with Gasteiger partial charge in [-0.25, -0.2) is 4.98 Å². The summed E-state index contributed by atoms with van der Waals surface area (Å²) >= 11 is 1.37. The van der Waals surface area contributed by atoms with Gasteiger partial charge in [-0.15, -0.1) is 11.3 Å². The van der Waals surface area contributed by atoms with Crippen LogP contribution < -0.4 is 0 Å². The summed E-state index contributed by atoms with van der Waals surface area (Å²) in [5.41, 5.74) is 0. The van der Waals surface area contributed by atoms with Crippen molar-refractivity contribution in [1.29, 1.82) is 0 Å². The average molecular weight is 198 g/mol. The Morgan fingerprint density at radius 3 is 3.08 bits per heavy atom. The molecule has 1 aliphatic rings. The molecule has 1 aromatic rings. The van der Waals surface area contributed by atoms with E-state index < -0.39 is 0 Å². The minimum absolute atomic E-state index is 0.0169. The molecule has 0 N–H and O–H groups in total. The number of ether oxygens (including phenoxy) is 1. The highest BCUT2D eigenvalue weighted by molar-refractivity contribution is 7.11. The standard InChI is InChI=1S/C8H10N2O2S/c1-12-6-4-10(5-6)8(11)7-9-2-3-13-7/h2-3,6H,4-5H2,1H3. The van der Waals surface area contributed by atoms with Crippen molar-refractivity contribution >= 4 is 17.2 Å². The fourth-order valence-electron chi connectivity index (χ4n) is 1.22. The lowest BCUT2D eigenvalue weighted by Crippen LogP contribution is -2.54. The maximum absolute atomic E-state index is 11.6. The monoisotopic (exact) mass is 198 g/mol. The van der Waals surface area contributed by atoms with Crippen molar-refractivity contribution in [2.24, 2.45) is 0 Å². The highest BCUT2D eigenvalue weighted by atomic mass is 32.1. The zero-order chi connectivity index (χ0) is 9.26. The van der Waals surface area contributed by atoms with Gasteiger partial charge in [-0.05, 0) is 0 Å². The van der Waals surface area contributed by atoms with Crippen molar-refractivity contribution in [1.82, 2.24) is 9.88 Å². The van der Waals surface area contributed by atoms with Crippen molar-refractivity contribution in [3.8, 4) is 0 Å². The predicted octanol–water partition coefficient (Wildman–Crippen LogP) is 0.614. The first kappa shape index (κ1) is 8.65. The maximum Gasteiger partial charge on any atom is 0.283 e. The van der Waals surface area contributed by atoms with Crippen molar-refractivity contribution in [3.05, 3.63) is 16.6 Å². The van der Waals surface area contributed by atoms with Gasteiger partial charge >= 0.3 is 0 Å². The number of rotatable bonds is 2. The molecule has 0 aliphatic carbocycles. The van der Waals surface area contributed by atoms with Crippen molar-refractivity contribution in [3.63, 3.8) is 0 Å². The van der Waals surface area contributed by atoms with E-state index in [1.54, 1.807) is 23.6 Å². The van der Waals surface area contributed by atoms with Gasteiger partial charge in [-0.3, -0.25) is 4.79 Å². The number of nitrogens with zero attached hydrogens (tertiary/aromatic N) is 2. The number of carbonyl (C=O) groups excluding carboxylic acids is 1. The summed E-state index contributed by atoms with van der Waals surface area (Å²) in [6.45, 7) is 1.38. The minimum Gasteiger partial charge on any atom is -0.378 e. The van der Waals surface area contributed by atoms with E-state index >= 15 is 0 Å². The molecule has 0 radical (unpaired) electrons. The topological polar surface area (TPSA) is 42.4 Å². The van der Waals surface area contributed by atoms with Gasteiger partial charge in [0.05, 0.1) is 6.10 Å². The number of thiazole rings is 1. The summed E-state index contributed by atoms with van der Waals surface area (Å²) in [5.74, 6) is 0.0169. The molecular formula is C8H10N2O2S. The van der Waals surface area contributed by atoms with Crippen LogP contribution in [0.15, 0.2) is 11.6 Å². The molecule has 0 unspecified atom stereocenters. The van der Waals surface area contributed by atoms with Crippen LogP contribution in [-0.2, 0) is 4.74 Å². The van der Waals surface area contributed by atoms with E-state index in [1.807, 2.05) is 0 Å². The lowest BCUT2D eigenvalue weighted by Gasteiger charge is -2.37. The molecule has 0 bridgehead atoms. The molecule has 2 heterocycles. The molecular weight excluding hydrogens is 188 g/mol. The molecule has 1 amide bonds. The van der Waals surface area contributed by atoms with E-state index in [0.717, 1.165) is 0 Å². The van der Waals surface area contributed by atoms with Gasteiger partial charge in [0.15, 0.2) is 5.01 Å². The van der Waals surface area contributed by atoms with Crippen LogP contribution in [0.5, 0.6) is 0 Å². The molecule has 4 nitrogen and oxygen atoms in total. The molecule has 1 aromatic heterocycles. The predicted molar refractivity (Wildman–Crippen MR) is 48.8 cm³/mol. The summed E-state index contributed by atoms with van der Waals surface area (Å²) in [5, 5.41) is 2.37. The number of hydrogen-bond acceptors (Lipinski definition) is 4. The fourth-order valence-corrected chi connectivity index (χ4v) is 1.82. The lowest BCUT2D eigenvalue weighted by atomic mass is 10.2. The smallest absolute Gasteiger partial charge is 0.283 e. The average Bonchev–Trinajstić information content (AvgIpc) is 2.53. The first-order valence-electron chi connectivity index (χ1n) is 4.03. The highest BCUT2D eigenvalue weighted by Gasteiger charge is 2.31. The Labute approximate surface area is 80.1 Å². The van der Waals surface area contributed by atoms with Crippen LogP contribution in [0.25, 0.3) is 0 Å². The largest absolute Gasteiger partial charge is 0.378 e. The number of methoxy groups -OCH3 is 1. The van der Waals surface area contributed by atoms with E-state index in [9.17, 15) is 4.79 Å². The first-order chi connectivity index (χ1) is 6.31.